The summed E-state index contributed by atoms with van der Waals surface area (Å²) in [4.78, 5) is 0. The standard InChI is InChI=1S/C8H12F4/c1-3-4-5-6-7(2,9)8(10,11)12/h3-4H,5-6H2,1-2H3/b4-3+. The second kappa shape index (κ2) is 3.92. The van der Waals surface area contributed by atoms with Crippen LogP contribution in [0, 0.1) is 0 Å². The number of allylic oxidation sites excluding steroid dienone is 2. The highest BCUT2D eigenvalue weighted by Gasteiger charge is 2.51. The van der Waals surface area contributed by atoms with Crippen molar-refractivity contribution < 1.29 is 17.6 Å². The molecule has 0 saturated carbocycles. The number of hydrogen-bond acceptors (Lipinski definition) is 0. The second-order valence-electron chi connectivity index (χ2n) is 2.80. The van der Waals surface area contributed by atoms with Crippen molar-refractivity contribution in [2.75, 3.05) is 0 Å². The van der Waals surface area contributed by atoms with E-state index in [1.54, 1.807) is 13.0 Å². The third-order valence-electron chi connectivity index (χ3n) is 1.61. The van der Waals surface area contributed by atoms with E-state index in [1.807, 2.05) is 0 Å². The molecule has 0 saturated heterocycles. The number of halogens is 4. The highest BCUT2D eigenvalue weighted by atomic mass is 19.4. The van der Waals surface area contributed by atoms with Crippen molar-refractivity contribution in [3.8, 4) is 0 Å². The third kappa shape index (κ3) is 3.24. The second-order valence-corrected chi connectivity index (χ2v) is 2.80. The fourth-order valence-corrected chi connectivity index (χ4v) is 0.663. The zero-order valence-corrected chi connectivity index (χ0v) is 7.08. The third-order valence-corrected chi connectivity index (χ3v) is 1.61. The largest absolute Gasteiger partial charge is 0.422 e. The van der Waals surface area contributed by atoms with E-state index in [9.17, 15) is 17.6 Å². The molecular formula is C8H12F4. The van der Waals surface area contributed by atoms with Crippen LogP contribution >= 0.6 is 0 Å². The van der Waals surface area contributed by atoms with Crippen molar-refractivity contribution in [3.63, 3.8) is 0 Å². The summed E-state index contributed by atoms with van der Waals surface area (Å²) in [7, 11) is 0. The minimum atomic E-state index is -4.76. The lowest BCUT2D eigenvalue weighted by Crippen LogP contribution is -2.37. The molecule has 0 aromatic carbocycles. The minimum absolute atomic E-state index is 0.114. The SMILES string of the molecule is C/C=C/CCC(C)(F)C(F)(F)F. The molecule has 1 atom stereocenters. The molecule has 0 aromatic heterocycles. The van der Waals surface area contributed by atoms with E-state index in [0.29, 0.717) is 6.92 Å². The van der Waals surface area contributed by atoms with Crippen LogP contribution in [0.3, 0.4) is 0 Å². The normalized spacial score (nSPS) is 18.2. The maximum atomic E-state index is 12.8. The Morgan fingerprint density at radius 1 is 1.17 bits per heavy atom. The van der Waals surface area contributed by atoms with Gasteiger partial charge in [0.05, 0.1) is 0 Å². The fourth-order valence-electron chi connectivity index (χ4n) is 0.663. The van der Waals surface area contributed by atoms with Crippen LogP contribution in [-0.2, 0) is 0 Å². The van der Waals surface area contributed by atoms with E-state index >= 15 is 0 Å². The van der Waals surface area contributed by atoms with Crippen molar-refractivity contribution in [2.45, 2.75) is 38.5 Å². The van der Waals surface area contributed by atoms with E-state index in [0.717, 1.165) is 0 Å². The first-order valence-corrected chi connectivity index (χ1v) is 3.68. The van der Waals surface area contributed by atoms with Gasteiger partial charge >= 0.3 is 6.18 Å². The van der Waals surface area contributed by atoms with Gasteiger partial charge in [0, 0.05) is 0 Å². The molecule has 0 bridgehead atoms. The van der Waals surface area contributed by atoms with Gasteiger partial charge in [0.2, 0.25) is 5.67 Å². The van der Waals surface area contributed by atoms with Gasteiger partial charge in [0.15, 0.2) is 0 Å². The molecule has 0 rings (SSSR count). The van der Waals surface area contributed by atoms with E-state index in [2.05, 4.69) is 0 Å². The zero-order chi connectivity index (χ0) is 9.83. The summed E-state index contributed by atoms with van der Waals surface area (Å²) in [5.74, 6) is 0. The predicted molar refractivity (Wildman–Crippen MR) is 39.6 cm³/mol. The molecular weight excluding hydrogens is 172 g/mol. The number of alkyl halides is 4. The van der Waals surface area contributed by atoms with E-state index in [4.69, 9.17) is 0 Å². The van der Waals surface area contributed by atoms with E-state index in [1.165, 1.54) is 6.08 Å². The molecule has 0 nitrogen and oxygen atoms in total. The lowest BCUT2D eigenvalue weighted by atomic mass is 10.0. The molecule has 0 fully saturated rings. The molecule has 72 valence electrons. The first-order chi connectivity index (χ1) is 5.31. The predicted octanol–water partition coefficient (Wildman–Crippen LogP) is 3.63. The highest BCUT2D eigenvalue weighted by Crippen LogP contribution is 2.37. The topological polar surface area (TPSA) is 0 Å². The molecule has 0 aliphatic carbocycles. The van der Waals surface area contributed by atoms with Gasteiger partial charge in [-0.2, -0.15) is 13.2 Å². The van der Waals surface area contributed by atoms with Gasteiger partial charge in [-0.3, -0.25) is 0 Å². The quantitative estimate of drug-likeness (QED) is 0.464. The average molecular weight is 184 g/mol. The number of hydrogen-bond donors (Lipinski definition) is 0. The van der Waals surface area contributed by atoms with Gasteiger partial charge in [-0.15, -0.1) is 0 Å². The summed E-state index contributed by atoms with van der Waals surface area (Å²) < 4.78 is 48.3. The summed E-state index contributed by atoms with van der Waals surface area (Å²) in [6.07, 6.45) is -2.03. The smallest absolute Gasteiger partial charge is 0.234 e. The summed E-state index contributed by atoms with van der Waals surface area (Å²) in [6.45, 7) is 2.25. The molecule has 4 heteroatoms. The monoisotopic (exact) mass is 184 g/mol. The Morgan fingerprint density at radius 2 is 1.67 bits per heavy atom. The highest BCUT2D eigenvalue weighted by molar-refractivity contribution is 4.87. The zero-order valence-electron chi connectivity index (χ0n) is 7.08. The molecule has 0 aliphatic rings. The molecule has 0 aromatic rings. The van der Waals surface area contributed by atoms with Crippen LogP contribution in [0.1, 0.15) is 26.7 Å². The Morgan fingerprint density at radius 3 is 2.00 bits per heavy atom. The lowest BCUT2D eigenvalue weighted by Gasteiger charge is -2.22. The van der Waals surface area contributed by atoms with Gasteiger partial charge in [-0.05, 0) is 26.7 Å². The van der Waals surface area contributed by atoms with Crippen LogP contribution in [0.2, 0.25) is 0 Å². The maximum absolute atomic E-state index is 12.8. The minimum Gasteiger partial charge on any atom is -0.234 e. The molecule has 0 heterocycles. The Hall–Kier alpha value is -0.540. The van der Waals surface area contributed by atoms with Crippen molar-refractivity contribution in [3.05, 3.63) is 12.2 Å². The van der Waals surface area contributed by atoms with Gasteiger partial charge in [-0.1, -0.05) is 12.2 Å². The molecule has 0 amide bonds. The maximum Gasteiger partial charge on any atom is 0.422 e. The number of rotatable bonds is 3. The van der Waals surface area contributed by atoms with Gasteiger partial charge in [0.25, 0.3) is 0 Å². The molecule has 1 unspecified atom stereocenters. The fraction of sp³-hybridized carbons (Fsp3) is 0.750. The van der Waals surface area contributed by atoms with Gasteiger partial charge < -0.3 is 0 Å². The Bertz CT molecular complexity index is 155. The summed E-state index contributed by atoms with van der Waals surface area (Å²) in [6, 6.07) is 0. The Kier molecular flexibility index (Phi) is 3.74. The van der Waals surface area contributed by atoms with Crippen LogP contribution in [0.4, 0.5) is 17.6 Å². The van der Waals surface area contributed by atoms with E-state index < -0.39 is 18.3 Å². The molecule has 12 heavy (non-hydrogen) atoms. The molecule has 0 spiro atoms. The first-order valence-electron chi connectivity index (χ1n) is 3.68. The Balaban J connectivity index is 4.05. The van der Waals surface area contributed by atoms with Crippen molar-refractivity contribution in [1.29, 1.82) is 0 Å². The summed E-state index contributed by atoms with van der Waals surface area (Å²) in [5, 5.41) is 0. The van der Waals surface area contributed by atoms with Gasteiger partial charge in [0.1, 0.15) is 0 Å². The lowest BCUT2D eigenvalue weighted by molar-refractivity contribution is -0.225. The van der Waals surface area contributed by atoms with Crippen LogP contribution in [0.15, 0.2) is 12.2 Å². The van der Waals surface area contributed by atoms with Crippen molar-refractivity contribution in [2.24, 2.45) is 0 Å². The van der Waals surface area contributed by atoms with Crippen LogP contribution in [-0.4, -0.2) is 11.8 Å². The van der Waals surface area contributed by atoms with E-state index in [-0.39, 0.29) is 6.42 Å². The van der Waals surface area contributed by atoms with Crippen molar-refractivity contribution in [1.82, 2.24) is 0 Å². The average Bonchev–Trinajstić information content (AvgIpc) is 1.85. The summed E-state index contributed by atoms with van der Waals surface area (Å²) >= 11 is 0. The van der Waals surface area contributed by atoms with Crippen LogP contribution in [0.5, 0.6) is 0 Å². The van der Waals surface area contributed by atoms with Gasteiger partial charge in [-0.25, -0.2) is 4.39 Å². The molecule has 0 radical (unpaired) electrons. The van der Waals surface area contributed by atoms with Crippen LogP contribution in [0.25, 0.3) is 0 Å². The molecule has 0 aliphatic heterocycles. The van der Waals surface area contributed by atoms with Crippen LogP contribution < -0.4 is 0 Å². The summed E-state index contributed by atoms with van der Waals surface area (Å²) in [5.41, 5.74) is -3.06. The molecule has 0 N–H and O–H groups in total. The Labute approximate surface area is 69.3 Å². The van der Waals surface area contributed by atoms with Crippen molar-refractivity contribution >= 4 is 0 Å². The first kappa shape index (κ1) is 11.5.